The molecule has 1 aliphatic heterocycles. The zero-order valence-corrected chi connectivity index (χ0v) is 19.0. The largest absolute Gasteiger partial charge is 0.490 e. The van der Waals surface area contributed by atoms with Crippen molar-refractivity contribution >= 4 is 17.7 Å². The number of pyridine rings is 1. The van der Waals surface area contributed by atoms with Crippen LogP contribution in [0.15, 0.2) is 36.4 Å². The van der Waals surface area contributed by atoms with Gasteiger partial charge in [0.15, 0.2) is 0 Å². The second kappa shape index (κ2) is 9.88. The molecule has 166 valence electrons. The monoisotopic (exact) mass is 443 g/mol. The van der Waals surface area contributed by atoms with E-state index >= 15 is 0 Å². The quantitative estimate of drug-likeness (QED) is 0.607. The molecule has 31 heavy (non-hydrogen) atoms. The lowest BCUT2D eigenvalue weighted by molar-refractivity contribution is 0.0482. The molecule has 4 rings (SSSR count). The van der Waals surface area contributed by atoms with Crippen LogP contribution < -0.4 is 9.47 Å². The molecule has 1 aromatic carbocycles. The molecule has 2 heterocycles. The summed E-state index contributed by atoms with van der Waals surface area (Å²) in [5, 5.41) is 0.771. The van der Waals surface area contributed by atoms with E-state index in [2.05, 4.69) is 16.0 Å². The van der Waals surface area contributed by atoms with E-state index in [-0.39, 0.29) is 12.2 Å². The molecule has 1 saturated heterocycles. The summed E-state index contributed by atoms with van der Waals surface area (Å²) < 4.78 is 11.4. The minimum absolute atomic E-state index is 0.161. The molecule has 2 fully saturated rings. The molecule has 2 aliphatic rings. The number of aryl methyl sites for hydroxylation is 1. The minimum atomic E-state index is -0.386. The van der Waals surface area contributed by atoms with E-state index in [1.807, 2.05) is 31.2 Å². The number of likely N-dealkylation sites (tertiary alicyclic amines) is 1. The Labute approximate surface area is 189 Å². The highest BCUT2D eigenvalue weighted by Crippen LogP contribution is 2.33. The fraction of sp³-hybridized carbons (Fsp3) is 0.500. The molecule has 6 nitrogen and oxygen atoms in total. The van der Waals surface area contributed by atoms with E-state index in [0.717, 1.165) is 54.5 Å². The highest BCUT2D eigenvalue weighted by Gasteiger charge is 2.33. The minimum Gasteiger partial charge on any atom is -0.490 e. The van der Waals surface area contributed by atoms with Crippen LogP contribution in [0.4, 0.5) is 4.79 Å². The van der Waals surface area contributed by atoms with Gasteiger partial charge in [0, 0.05) is 36.9 Å². The number of halogens is 1. The average Bonchev–Trinajstić information content (AvgIpc) is 3.21. The number of ether oxygens (including phenoxy) is 2. The van der Waals surface area contributed by atoms with Gasteiger partial charge >= 0.3 is 6.09 Å². The summed E-state index contributed by atoms with van der Waals surface area (Å²) in [4.78, 5) is 20.5. The Morgan fingerprint density at radius 2 is 2.00 bits per heavy atom. The molecule has 1 saturated carbocycles. The van der Waals surface area contributed by atoms with Crippen LogP contribution in [0.3, 0.4) is 0 Å². The van der Waals surface area contributed by atoms with Crippen molar-refractivity contribution in [1.82, 2.24) is 14.8 Å². The number of rotatable bonds is 7. The van der Waals surface area contributed by atoms with Crippen LogP contribution in [0.5, 0.6) is 11.6 Å². The Balaban J connectivity index is 1.20. The number of benzene rings is 1. The van der Waals surface area contributed by atoms with Crippen LogP contribution in [0.1, 0.15) is 36.9 Å². The lowest BCUT2D eigenvalue weighted by Crippen LogP contribution is -2.42. The summed E-state index contributed by atoms with van der Waals surface area (Å²) in [6.07, 6.45) is 4.14. The number of carbonyl (C=O) groups excluding carboxylic acids is 1. The average molecular weight is 444 g/mol. The molecular weight excluding hydrogens is 414 g/mol. The van der Waals surface area contributed by atoms with E-state index in [4.69, 9.17) is 21.1 Å². The maximum atomic E-state index is 12.3. The number of amides is 1. The lowest BCUT2D eigenvalue weighted by atomic mass is 9.82. The van der Waals surface area contributed by atoms with Crippen LogP contribution in [-0.2, 0) is 6.54 Å². The molecule has 0 N–H and O–H groups in total. The first-order chi connectivity index (χ1) is 15.0. The number of hydrogen-bond donors (Lipinski definition) is 0. The molecule has 0 unspecified atom stereocenters. The number of aromatic nitrogens is 1. The van der Waals surface area contributed by atoms with Gasteiger partial charge in [-0.1, -0.05) is 23.7 Å². The first kappa shape index (κ1) is 21.9. The summed E-state index contributed by atoms with van der Waals surface area (Å²) in [6.45, 7) is 5.72. The summed E-state index contributed by atoms with van der Waals surface area (Å²) in [5.74, 6) is 1.55. The van der Waals surface area contributed by atoms with E-state index < -0.39 is 0 Å². The summed E-state index contributed by atoms with van der Waals surface area (Å²) in [7, 11) is 1.76. The maximum absolute atomic E-state index is 12.3. The van der Waals surface area contributed by atoms with Gasteiger partial charge in [0.1, 0.15) is 5.75 Å². The van der Waals surface area contributed by atoms with E-state index in [1.165, 1.54) is 12.8 Å². The Morgan fingerprint density at radius 3 is 2.71 bits per heavy atom. The zero-order chi connectivity index (χ0) is 21.8. The van der Waals surface area contributed by atoms with Gasteiger partial charge in [0.2, 0.25) is 5.88 Å². The third kappa shape index (κ3) is 5.89. The van der Waals surface area contributed by atoms with Crippen molar-refractivity contribution in [2.75, 3.05) is 26.7 Å². The summed E-state index contributed by atoms with van der Waals surface area (Å²) in [6, 6.07) is 11.4. The molecular formula is C24H30ClN3O3. The predicted molar refractivity (Wildman–Crippen MR) is 121 cm³/mol. The van der Waals surface area contributed by atoms with Gasteiger partial charge in [-0.2, -0.15) is 0 Å². The highest BCUT2D eigenvalue weighted by atomic mass is 35.5. The van der Waals surface area contributed by atoms with Gasteiger partial charge in [-0.05, 0) is 75.4 Å². The maximum Gasteiger partial charge on any atom is 0.416 e. The van der Waals surface area contributed by atoms with E-state index in [1.54, 1.807) is 18.0 Å². The van der Waals surface area contributed by atoms with Gasteiger partial charge in [0.25, 0.3) is 0 Å². The third-order valence-electron chi connectivity index (χ3n) is 6.01. The first-order valence-corrected chi connectivity index (χ1v) is 11.4. The molecule has 1 aromatic heterocycles. The first-order valence-electron chi connectivity index (χ1n) is 11.0. The molecule has 7 heteroatoms. The molecule has 0 radical (unpaired) electrons. The SMILES string of the molecule is Cc1cccc(OC(=O)N(C)CC2CC(Oc3ccc(CN4CCCC4)c(Cl)c3)C2)n1. The van der Waals surface area contributed by atoms with Crippen molar-refractivity contribution in [2.24, 2.45) is 5.92 Å². The lowest BCUT2D eigenvalue weighted by Gasteiger charge is -2.37. The number of hydrogen-bond acceptors (Lipinski definition) is 5. The van der Waals surface area contributed by atoms with Crippen molar-refractivity contribution in [2.45, 2.75) is 45.3 Å². The Kier molecular flexibility index (Phi) is 6.98. The van der Waals surface area contributed by atoms with Crippen molar-refractivity contribution in [3.8, 4) is 11.6 Å². The topological polar surface area (TPSA) is 54.9 Å². The normalized spacial score (nSPS) is 20.9. The highest BCUT2D eigenvalue weighted by molar-refractivity contribution is 6.31. The predicted octanol–water partition coefficient (Wildman–Crippen LogP) is 4.93. The molecule has 1 amide bonds. The Hall–Kier alpha value is -2.31. The molecule has 0 bridgehead atoms. The van der Waals surface area contributed by atoms with Crippen LogP contribution in [-0.4, -0.2) is 53.7 Å². The van der Waals surface area contributed by atoms with Crippen molar-refractivity contribution < 1.29 is 14.3 Å². The van der Waals surface area contributed by atoms with Crippen LogP contribution in [0.25, 0.3) is 0 Å². The van der Waals surface area contributed by atoms with Crippen molar-refractivity contribution in [3.63, 3.8) is 0 Å². The van der Waals surface area contributed by atoms with Crippen LogP contribution in [0, 0.1) is 12.8 Å². The summed E-state index contributed by atoms with van der Waals surface area (Å²) >= 11 is 6.49. The fourth-order valence-electron chi connectivity index (χ4n) is 4.23. The van der Waals surface area contributed by atoms with E-state index in [0.29, 0.717) is 18.3 Å². The molecule has 2 aromatic rings. The van der Waals surface area contributed by atoms with Gasteiger partial charge in [0.05, 0.1) is 6.10 Å². The van der Waals surface area contributed by atoms with E-state index in [9.17, 15) is 4.79 Å². The summed E-state index contributed by atoms with van der Waals surface area (Å²) in [5.41, 5.74) is 1.97. The van der Waals surface area contributed by atoms with Gasteiger partial charge in [-0.15, -0.1) is 0 Å². The smallest absolute Gasteiger partial charge is 0.416 e. The second-order valence-corrected chi connectivity index (χ2v) is 9.09. The Bertz CT molecular complexity index is 911. The molecule has 1 aliphatic carbocycles. The van der Waals surface area contributed by atoms with Gasteiger partial charge in [-0.3, -0.25) is 4.90 Å². The number of nitrogens with zero attached hydrogens (tertiary/aromatic N) is 3. The van der Waals surface area contributed by atoms with Crippen LogP contribution in [0.2, 0.25) is 5.02 Å². The van der Waals surface area contributed by atoms with Crippen molar-refractivity contribution in [1.29, 1.82) is 0 Å². The van der Waals surface area contributed by atoms with Gasteiger partial charge in [-0.25, -0.2) is 9.78 Å². The standard InChI is InChI=1S/C24H30ClN3O3/c1-17-6-5-7-23(26-17)31-24(29)27(2)15-18-12-21(13-18)30-20-9-8-19(22(25)14-20)16-28-10-3-4-11-28/h5-9,14,18,21H,3-4,10-13,15-16H2,1-2H3. The van der Waals surface area contributed by atoms with Crippen LogP contribution >= 0.6 is 11.6 Å². The molecule has 0 atom stereocenters. The number of carbonyl (C=O) groups is 1. The zero-order valence-electron chi connectivity index (χ0n) is 18.2. The fourth-order valence-corrected chi connectivity index (χ4v) is 4.46. The van der Waals surface area contributed by atoms with Gasteiger partial charge < -0.3 is 14.4 Å². The second-order valence-electron chi connectivity index (χ2n) is 8.68. The third-order valence-corrected chi connectivity index (χ3v) is 6.36. The van der Waals surface area contributed by atoms with Crippen molar-refractivity contribution in [3.05, 3.63) is 52.7 Å². The molecule has 0 spiro atoms. The Morgan fingerprint density at radius 1 is 1.23 bits per heavy atom.